The van der Waals surface area contributed by atoms with Crippen molar-refractivity contribution in [2.75, 3.05) is 5.32 Å². The van der Waals surface area contributed by atoms with Crippen molar-refractivity contribution in [3.63, 3.8) is 0 Å². The molecule has 176 valence electrons. The first-order valence-corrected chi connectivity index (χ1v) is 12.0. The number of fused-ring (bicyclic) bond motifs is 2. The van der Waals surface area contributed by atoms with Gasteiger partial charge in [-0.2, -0.15) is 4.39 Å². The molecule has 0 aliphatic heterocycles. The Bertz CT molecular complexity index is 1410. The quantitative estimate of drug-likeness (QED) is 0.300. The molecule has 1 aliphatic rings. The summed E-state index contributed by atoms with van der Waals surface area (Å²) in [6.07, 6.45) is 6.75. The first-order valence-electron chi connectivity index (χ1n) is 11.6. The van der Waals surface area contributed by atoms with Crippen LogP contribution in [0.15, 0.2) is 57.9 Å². The Hall–Kier alpha value is -2.99. The molecule has 2 aromatic heterocycles. The molecule has 0 spiro atoms. The van der Waals surface area contributed by atoms with Crippen LogP contribution in [0.1, 0.15) is 50.5 Å². The molecule has 1 saturated carbocycles. The SMILES string of the molecule is CC(CC1CCC(c2ccnc3ccc(F)cc23)CC1)Nc1c(F)c(=O)oc2cc(Cl)ccc12. The van der Waals surface area contributed by atoms with E-state index in [0.717, 1.165) is 48.6 Å². The molecule has 5 rings (SSSR count). The fraction of sp³-hybridized carbons (Fsp3) is 0.333. The van der Waals surface area contributed by atoms with Gasteiger partial charge in [0, 0.05) is 34.1 Å². The van der Waals surface area contributed by atoms with Crippen LogP contribution in [0.2, 0.25) is 5.02 Å². The molecule has 1 fully saturated rings. The van der Waals surface area contributed by atoms with Gasteiger partial charge in [-0.05, 0) is 92.8 Å². The summed E-state index contributed by atoms with van der Waals surface area (Å²) in [6, 6.07) is 11.6. The summed E-state index contributed by atoms with van der Waals surface area (Å²) < 4.78 is 33.5. The molecular formula is C27H25ClF2N2O2. The predicted octanol–water partition coefficient (Wildman–Crippen LogP) is 7.44. The molecule has 2 aromatic carbocycles. The minimum atomic E-state index is -1.01. The number of rotatable bonds is 5. The smallest absolute Gasteiger partial charge is 0.374 e. The molecule has 34 heavy (non-hydrogen) atoms. The van der Waals surface area contributed by atoms with Crippen molar-refractivity contribution in [1.82, 2.24) is 4.98 Å². The second kappa shape index (κ2) is 9.34. The molecule has 1 aliphatic carbocycles. The topological polar surface area (TPSA) is 55.1 Å². The molecule has 4 aromatic rings. The molecule has 1 unspecified atom stereocenters. The number of hydrogen-bond acceptors (Lipinski definition) is 4. The van der Waals surface area contributed by atoms with E-state index in [-0.39, 0.29) is 23.1 Å². The molecule has 1 atom stereocenters. The van der Waals surface area contributed by atoms with Crippen molar-refractivity contribution in [1.29, 1.82) is 0 Å². The van der Waals surface area contributed by atoms with Crippen molar-refractivity contribution >= 4 is 39.2 Å². The summed E-state index contributed by atoms with van der Waals surface area (Å²) in [4.78, 5) is 16.3. The Morgan fingerprint density at radius 1 is 1.09 bits per heavy atom. The highest BCUT2D eigenvalue weighted by Gasteiger charge is 2.26. The van der Waals surface area contributed by atoms with Crippen molar-refractivity contribution in [3.05, 3.63) is 81.3 Å². The number of pyridine rings is 1. The maximum Gasteiger partial charge on any atom is 0.374 e. The van der Waals surface area contributed by atoms with Crippen molar-refractivity contribution in [3.8, 4) is 0 Å². The van der Waals surface area contributed by atoms with Crippen molar-refractivity contribution in [2.24, 2.45) is 5.92 Å². The second-order valence-electron chi connectivity index (χ2n) is 9.28. The van der Waals surface area contributed by atoms with E-state index in [2.05, 4.69) is 10.3 Å². The summed E-state index contributed by atoms with van der Waals surface area (Å²) in [5, 5.41) is 5.01. The van der Waals surface area contributed by atoms with Crippen LogP contribution >= 0.6 is 11.6 Å². The molecule has 7 heteroatoms. The molecule has 2 heterocycles. The lowest BCUT2D eigenvalue weighted by molar-refractivity contribution is 0.302. The summed E-state index contributed by atoms with van der Waals surface area (Å²) >= 11 is 6.00. The van der Waals surface area contributed by atoms with E-state index >= 15 is 0 Å². The van der Waals surface area contributed by atoms with E-state index in [9.17, 15) is 13.6 Å². The van der Waals surface area contributed by atoms with Crippen LogP contribution in [0, 0.1) is 17.6 Å². The molecular weight excluding hydrogens is 458 g/mol. The van der Waals surface area contributed by atoms with E-state index in [1.807, 2.05) is 13.0 Å². The van der Waals surface area contributed by atoms with Gasteiger partial charge in [-0.15, -0.1) is 0 Å². The van der Waals surface area contributed by atoms with Gasteiger partial charge in [-0.25, -0.2) is 9.18 Å². The first kappa shape index (κ1) is 22.8. The lowest BCUT2D eigenvalue weighted by Gasteiger charge is -2.31. The number of halogens is 3. The molecule has 0 amide bonds. The van der Waals surface area contributed by atoms with Gasteiger partial charge in [-0.3, -0.25) is 4.98 Å². The van der Waals surface area contributed by atoms with E-state index in [0.29, 0.717) is 22.2 Å². The van der Waals surface area contributed by atoms with Crippen LogP contribution in [0.4, 0.5) is 14.5 Å². The molecule has 0 bridgehead atoms. The van der Waals surface area contributed by atoms with Crippen LogP contribution in [0.3, 0.4) is 0 Å². The standard InChI is InChI=1S/C27H25ClF2N2O2/c1-15(32-26-21-8-6-18(28)13-24(21)34-27(33)25(26)30)12-16-2-4-17(5-3-16)20-10-11-31-23-9-7-19(29)14-22(20)23/h6-11,13-17,32H,2-5,12H2,1H3. The summed E-state index contributed by atoms with van der Waals surface area (Å²) in [6.45, 7) is 2.00. The van der Waals surface area contributed by atoms with Gasteiger partial charge in [0.1, 0.15) is 11.4 Å². The number of nitrogens with one attached hydrogen (secondary N) is 1. The average molecular weight is 483 g/mol. The van der Waals surface area contributed by atoms with Gasteiger partial charge in [-0.1, -0.05) is 11.6 Å². The minimum Gasteiger partial charge on any atom is -0.420 e. The third-order valence-electron chi connectivity index (χ3n) is 6.92. The van der Waals surface area contributed by atoms with Gasteiger partial charge in [0.25, 0.3) is 0 Å². The predicted molar refractivity (Wildman–Crippen MR) is 132 cm³/mol. The van der Waals surface area contributed by atoms with E-state index < -0.39 is 11.4 Å². The molecule has 4 nitrogen and oxygen atoms in total. The number of anilines is 1. The monoisotopic (exact) mass is 482 g/mol. The zero-order valence-corrected chi connectivity index (χ0v) is 19.5. The van der Waals surface area contributed by atoms with E-state index in [4.69, 9.17) is 16.0 Å². The van der Waals surface area contributed by atoms with Gasteiger partial charge >= 0.3 is 5.63 Å². The fourth-order valence-electron chi connectivity index (χ4n) is 5.30. The van der Waals surface area contributed by atoms with Crippen LogP contribution in [-0.4, -0.2) is 11.0 Å². The van der Waals surface area contributed by atoms with Gasteiger partial charge in [0.05, 0.1) is 11.2 Å². The Morgan fingerprint density at radius 3 is 2.68 bits per heavy atom. The fourth-order valence-corrected chi connectivity index (χ4v) is 5.47. The minimum absolute atomic E-state index is 0.0346. The maximum atomic E-state index is 14.6. The van der Waals surface area contributed by atoms with E-state index in [1.165, 1.54) is 12.1 Å². The Labute approximate surface area is 201 Å². The third kappa shape index (κ3) is 4.51. The van der Waals surface area contributed by atoms with Crippen LogP contribution in [-0.2, 0) is 0 Å². The van der Waals surface area contributed by atoms with E-state index in [1.54, 1.807) is 30.5 Å². The zero-order valence-electron chi connectivity index (χ0n) is 18.8. The van der Waals surface area contributed by atoms with Crippen LogP contribution in [0.25, 0.3) is 21.9 Å². The average Bonchev–Trinajstić information content (AvgIpc) is 2.82. The molecule has 1 N–H and O–H groups in total. The number of aromatic nitrogens is 1. The summed E-state index contributed by atoms with van der Waals surface area (Å²) in [5.41, 5.74) is 1.40. The summed E-state index contributed by atoms with van der Waals surface area (Å²) in [7, 11) is 0. The van der Waals surface area contributed by atoms with Gasteiger partial charge < -0.3 is 9.73 Å². The third-order valence-corrected chi connectivity index (χ3v) is 7.15. The van der Waals surface area contributed by atoms with Crippen molar-refractivity contribution < 1.29 is 13.2 Å². The second-order valence-corrected chi connectivity index (χ2v) is 9.72. The Morgan fingerprint density at radius 2 is 1.88 bits per heavy atom. The normalized spacial score (nSPS) is 19.4. The van der Waals surface area contributed by atoms with Crippen LogP contribution < -0.4 is 10.9 Å². The number of nitrogens with zero attached hydrogens (tertiary/aromatic N) is 1. The van der Waals surface area contributed by atoms with Crippen molar-refractivity contribution in [2.45, 2.75) is 51.0 Å². The zero-order chi connectivity index (χ0) is 23.8. The maximum absolute atomic E-state index is 14.6. The number of benzene rings is 2. The lowest BCUT2D eigenvalue weighted by Crippen LogP contribution is -2.24. The largest absolute Gasteiger partial charge is 0.420 e. The first-order chi connectivity index (χ1) is 16.4. The van der Waals surface area contributed by atoms with Gasteiger partial charge in [0.2, 0.25) is 5.82 Å². The summed E-state index contributed by atoms with van der Waals surface area (Å²) in [5.74, 6) is -0.307. The Balaban J connectivity index is 1.27. The molecule has 0 saturated heterocycles. The van der Waals surface area contributed by atoms with Gasteiger partial charge in [0.15, 0.2) is 0 Å². The number of hydrogen-bond donors (Lipinski definition) is 1. The Kier molecular flexibility index (Phi) is 6.26. The highest BCUT2D eigenvalue weighted by atomic mass is 35.5. The molecule has 0 radical (unpaired) electrons. The van der Waals surface area contributed by atoms with Crippen LogP contribution in [0.5, 0.6) is 0 Å². The lowest BCUT2D eigenvalue weighted by atomic mass is 9.76. The highest BCUT2D eigenvalue weighted by molar-refractivity contribution is 6.31. The highest BCUT2D eigenvalue weighted by Crippen LogP contribution is 2.40.